The van der Waals surface area contributed by atoms with Gasteiger partial charge in [-0.15, -0.1) is 0 Å². The molecule has 1 saturated carbocycles. The number of hydrogen-bond acceptors (Lipinski definition) is 2. The van der Waals surface area contributed by atoms with E-state index in [2.05, 4.69) is 5.32 Å². The number of para-hydroxylation sites is 1. The van der Waals surface area contributed by atoms with E-state index in [-0.39, 0.29) is 24.3 Å². The van der Waals surface area contributed by atoms with Gasteiger partial charge in [0.05, 0.1) is 22.3 Å². The Balaban J connectivity index is 1.94. The lowest BCUT2D eigenvalue weighted by Gasteiger charge is -2.17. The van der Waals surface area contributed by atoms with Crippen LogP contribution in [0.1, 0.15) is 13.3 Å². The number of rotatable bonds is 4. The summed E-state index contributed by atoms with van der Waals surface area (Å²) in [6, 6.07) is 4.98. The second-order valence-corrected chi connectivity index (χ2v) is 5.97. The van der Waals surface area contributed by atoms with E-state index in [0.29, 0.717) is 21.7 Å². The molecule has 1 aliphatic carbocycles. The molecule has 0 heterocycles. The molecule has 1 aromatic carbocycles. The molecule has 1 fully saturated rings. The summed E-state index contributed by atoms with van der Waals surface area (Å²) in [5.41, 5.74) is 0.376. The lowest BCUT2D eigenvalue weighted by Crippen LogP contribution is -2.36. The molecule has 2 amide bonds. The number of halogens is 2. The molecule has 2 atom stereocenters. The van der Waals surface area contributed by atoms with E-state index in [1.807, 2.05) is 6.92 Å². The van der Waals surface area contributed by atoms with Gasteiger partial charge in [-0.3, -0.25) is 9.59 Å². The molecule has 0 spiro atoms. The van der Waals surface area contributed by atoms with Crippen LogP contribution in [0.3, 0.4) is 0 Å². The SMILES string of the molecule is C[C@@H]1C[C@@H]1C(=O)N(C)CC(=O)Nc1c(Cl)cccc1Cl. The van der Waals surface area contributed by atoms with Gasteiger partial charge in [0, 0.05) is 13.0 Å². The molecule has 0 radical (unpaired) electrons. The highest BCUT2D eigenvalue weighted by molar-refractivity contribution is 6.39. The van der Waals surface area contributed by atoms with Crippen LogP contribution in [0.4, 0.5) is 5.69 Å². The highest BCUT2D eigenvalue weighted by atomic mass is 35.5. The molecule has 0 unspecified atom stereocenters. The van der Waals surface area contributed by atoms with Crippen molar-refractivity contribution in [3.8, 4) is 0 Å². The van der Waals surface area contributed by atoms with Gasteiger partial charge in [0.2, 0.25) is 11.8 Å². The van der Waals surface area contributed by atoms with Gasteiger partial charge in [0.15, 0.2) is 0 Å². The summed E-state index contributed by atoms with van der Waals surface area (Å²) in [5, 5.41) is 3.38. The topological polar surface area (TPSA) is 49.4 Å². The number of amides is 2. The van der Waals surface area contributed by atoms with Crippen molar-refractivity contribution in [2.24, 2.45) is 11.8 Å². The van der Waals surface area contributed by atoms with Gasteiger partial charge >= 0.3 is 0 Å². The number of hydrogen-bond donors (Lipinski definition) is 1. The predicted molar refractivity (Wildman–Crippen MR) is 80.0 cm³/mol. The molecule has 0 bridgehead atoms. The maximum Gasteiger partial charge on any atom is 0.244 e. The first kappa shape index (κ1) is 15.1. The van der Waals surface area contributed by atoms with Gasteiger partial charge in [-0.1, -0.05) is 36.2 Å². The molecule has 1 N–H and O–H groups in total. The van der Waals surface area contributed by atoms with Crippen molar-refractivity contribution in [1.29, 1.82) is 0 Å². The summed E-state index contributed by atoms with van der Waals surface area (Å²) in [5.74, 6) is 0.185. The number of anilines is 1. The van der Waals surface area contributed by atoms with Crippen LogP contribution < -0.4 is 5.32 Å². The van der Waals surface area contributed by atoms with Gasteiger partial charge < -0.3 is 10.2 Å². The van der Waals surface area contributed by atoms with Gasteiger partial charge in [0.1, 0.15) is 0 Å². The summed E-state index contributed by atoms with van der Waals surface area (Å²) >= 11 is 11.9. The second kappa shape index (κ2) is 6.02. The molecule has 1 aliphatic rings. The third kappa shape index (κ3) is 3.44. The largest absolute Gasteiger partial charge is 0.336 e. The Hall–Kier alpha value is -1.26. The normalized spacial score (nSPS) is 20.4. The molecule has 0 saturated heterocycles. The van der Waals surface area contributed by atoms with Crippen molar-refractivity contribution in [3.63, 3.8) is 0 Å². The zero-order valence-corrected chi connectivity index (χ0v) is 12.8. The first-order valence-corrected chi connectivity index (χ1v) is 7.14. The summed E-state index contributed by atoms with van der Waals surface area (Å²) < 4.78 is 0. The van der Waals surface area contributed by atoms with E-state index in [1.54, 1.807) is 25.2 Å². The molecule has 0 aliphatic heterocycles. The molecule has 4 nitrogen and oxygen atoms in total. The number of benzene rings is 1. The monoisotopic (exact) mass is 314 g/mol. The fraction of sp³-hybridized carbons (Fsp3) is 0.429. The Labute approximate surface area is 128 Å². The van der Waals surface area contributed by atoms with Crippen LogP contribution in [-0.2, 0) is 9.59 Å². The highest BCUT2D eigenvalue weighted by Gasteiger charge is 2.40. The standard InChI is InChI=1S/C14H16Cl2N2O2/c1-8-6-9(8)14(20)18(2)7-12(19)17-13-10(15)4-3-5-11(13)16/h3-5,8-9H,6-7H2,1-2H3,(H,17,19)/t8-,9+/m1/s1. The maximum atomic E-state index is 11.9. The predicted octanol–water partition coefficient (Wildman–Crippen LogP) is 3.05. The molecular formula is C14H16Cl2N2O2. The van der Waals surface area contributed by atoms with Gasteiger partial charge in [-0.05, 0) is 24.5 Å². The Morgan fingerprint density at radius 1 is 1.35 bits per heavy atom. The van der Waals surface area contributed by atoms with E-state index in [0.717, 1.165) is 6.42 Å². The van der Waals surface area contributed by atoms with Crippen molar-refractivity contribution in [3.05, 3.63) is 28.2 Å². The number of likely N-dealkylation sites (N-methyl/N-ethyl adjacent to an activating group) is 1. The number of carbonyl (C=O) groups is 2. The van der Waals surface area contributed by atoms with E-state index >= 15 is 0 Å². The zero-order chi connectivity index (χ0) is 14.9. The molecule has 20 heavy (non-hydrogen) atoms. The number of carbonyl (C=O) groups excluding carboxylic acids is 2. The number of nitrogens with one attached hydrogen (secondary N) is 1. The fourth-order valence-electron chi connectivity index (χ4n) is 2.04. The Bertz CT molecular complexity index is 528. The summed E-state index contributed by atoms with van der Waals surface area (Å²) in [4.78, 5) is 25.3. The van der Waals surface area contributed by atoms with E-state index in [4.69, 9.17) is 23.2 Å². The molecule has 1 aromatic rings. The lowest BCUT2D eigenvalue weighted by atomic mass is 10.3. The molecule has 6 heteroatoms. The molecule has 2 rings (SSSR count). The molecule has 0 aromatic heterocycles. The summed E-state index contributed by atoms with van der Waals surface area (Å²) in [7, 11) is 1.63. The quantitative estimate of drug-likeness (QED) is 0.928. The smallest absolute Gasteiger partial charge is 0.244 e. The van der Waals surface area contributed by atoms with Crippen LogP contribution in [0.5, 0.6) is 0 Å². The average Bonchev–Trinajstić information content (AvgIpc) is 3.10. The highest BCUT2D eigenvalue weighted by Crippen LogP contribution is 2.38. The van der Waals surface area contributed by atoms with E-state index < -0.39 is 0 Å². The summed E-state index contributed by atoms with van der Waals surface area (Å²) in [6.45, 7) is 2.02. The Kier molecular flexibility index (Phi) is 4.55. The minimum atomic E-state index is -0.316. The lowest BCUT2D eigenvalue weighted by molar-refractivity contribution is -0.134. The molecule has 108 valence electrons. The van der Waals surface area contributed by atoms with Crippen LogP contribution in [0.25, 0.3) is 0 Å². The van der Waals surface area contributed by atoms with E-state index in [1.165, 1.54) is 4.90 Å². The van der Waals surface area contributed by atoms with Crippen molar-refractivity contribution in [1.82, 2.24) is 4.90 Å². The first-order chi connectivity index (χ1) is 9.40. The van der Waals surface area contributed by atoms with Gasteiger partial charge in [0.25, 0.3) is 0 Å². The van der Waals surface area contributed by atoms with Gasteiger partial charge in [-0.2, -0.15) is 0 Å². The van der Waals surface area contributed by atoms with Crippen LogP contribution in [0.2, 0.25) is 10.0 Å². The maximum absolute atomic E-state index is 11.9. The van der Waals surface area contributed by atoms with Crippen molar-refractivity contribution >= 4 is 40.7 Å². The van der Waals surface area contributed by atoms with Gasteiger partial charge in [-0.25, -0.2) is 0 Å². The number of nitrogens with zero attached hydrogens (tertiary/aromatic N) is 1. The van der Waals surface area contributed by atoms with Crippen LogP contribution in [-0.4, -0.2) is 30.3 Å². The Morgan fingerprint density at radius 3 is 2.40 bits per heavy atom. The van der Waals surface area contributed by atoms with Crippen molar-refractivity contribution in [2.75, 3.05) is 18.9 Å². The molecular weight excluding hydrogens is 299 g/mol. The first-order valence-electron chi connectivity index (χ1n) is 6.39. The average molecular weight is 315 g/mol. The fourth-order valence-corrected chi connectivity index (χ4v) is 2.53. The van der Waals surface area contributed by atoms with Crippen LogP contribution >= 0.6 is 23.2 Å². The minimum absolute atomic E-state index is 0.0103. The third-order valence-corrected chi connectivity index (χ3v) is 4.04. The van der Waals surface area contributed by atoms with Crippen molar-refractivity contribution < 1.29 is 9.59 Å². The second-order valence-electron chi connectivity index (χ2n) is 5.16. The van der Waals surface area contributed by atoms with E-state index in [9.17, 15) is 9.59 Å². The Morgan fingerprint density at radius 2 is 1.90 bits per heavy atom. The van der Waals surface area contributed by atoms with Crippen LogP contribution in [0.15, 0.2) is 18.2 Å². The third-order valence-electron chi connectivity index (χ3n) is 3.41. The van der Waals surface area contributed by atoms with Crippen LogP contribution in [0, 0.1) is 11.8 Å². The van der Waals surface area contributed by atoms with Crippen molar-refractivity contribution in [2.45, 2.75) is 13.3 Å². The zero-order valence-electron chi connectivity index (χ0n) is 11.3. The minimum Gasteiger partial charge on any atom is -0.336 e. The summed E-state index contributed by atoms with van der Waals surface area (Å²) in [6.07, 6.45) is 0.904.